The molecule has 0 atom stereocenters. The minimum absolute atomic E-state index is 0. The van der Waals surface area contributed by atoms with E-state index in [2.05, 4.69) is 87.0 Å². The molecule has 0 bridgehead atoms. The van der Waals surface area contributed by atoms with E-state index in [4.69, 9.17) is 0 Å². The molecule has 1 aromatic rings. The van der Waals surface area contributed by atoms with Crippen molar-refractivity contribution in [3.05, 3.63) is 40.9 Å². The molecular weight excluding hydrogens is 317 g/mol. The zero-order valence-electron chi connectivity index (χ0n) is 16.5. The summed E-state index contributed by atoms with van der Waals surface area (Å²) in [5, 5.41) is 0. The fraction of sp³-hybridized carbons (Fsp3) is 0.611. The van der Waals surface area contributed by atoms with Gasteiger partial charge in [-0.05, 0) is 0 Å². The average Bonchev–Trinajstić information content (AvgIpc) is 2.32. The SMILES string of the molecule is Cc1c(C)c(C)[c-](C)c1C.[CH2-][Si](C)(C)C.[CH2-][Si](C)(C)C.[Sc+3]. The molecule has 0 nitrogen and oxygen atoms in total. The standard InChI is InChI=1S/C10H15.2C4H11Si.Sc/c1-6-7(2)9(4)10(5)8(6)3;2*1-5(2,3)4;/h1-5H3;2*1H2,2-4H3;/q3*-1;+3. The normalized spacial score (nSPS) is 10.7. The van der Waals surface area contributed by atoms with Crippen LogP contribution in [0.4, 0.5) is 0 Å². The van der Waals surface area contributed by atoms with E-state index in [1.165, 1.54) is 27.8 Å². The van der Waals surface area contributed by atoms with Gasteiger partial charge in [0.25, 0.3) is 0 Å². The van der Waals surface area contributed by atoms with Crippen LogP contribution in [0, 0.1) is 47.7 Å². The molecule has 0 saturated carbocycles. The predicted molar refractivity (Wildman–Crippen MR) is 103 cm³/mol. The molecule has 21 heavy (non-hydrogen) atoms. The van der Waals surface area contributed by atoms with Gasteiger partial charge in [-0.3, -0.25) is 0 Å². The summed E-state index contributed by atoms with van der Waals surface area (Å²) in [5.74, 6) is 0. The number of hydrogen-bond acceptors (Lipinski definition) is 0. The first kappa shape index (κ1) is 26.5. The second-order valence-corrected chi connectivity index (χ2v) is 18.5. The van der Waals surface area contributed by atoms with Crippen molar-refractivity contribution >= 4 is 16.1 Å². The Bertz CT molecular complexity index is 300. The molecule has 0 fully saturated rings. The van der Waals surface area contributed by atoms with Crippen LogP contribution in [0.5, 0.6) is 0 Å². The molecular formula is C18H37ScSi2. The summed E-state index contributed by atoms with van der Waals surface area (Å²) in [6.07, 6.45) is 0. The van der Waals surface area contributed by atoms with Gasteiger partial charge < -0.3 is 13.1 Å². The minimum Gasteiger partial charge on any atom is -0.342 e. The maximum absolute atomic E-state index is 3.91. The van der Waals surface area contributed by atoms with Gasteiger partial charge in [-0.1, -0.05) is 73.9 Å². The Kier molecular flexibility index (Phi) is 13.2. The molecule has 0 aromatic heterocycles. The Morgan fingerprint density at radius 1 is 0.667 bits per heavy atom. The third kappa shape index (κ3) is 16.8. The molecule has 0 aliphatic heterocycles. The summed E-state index contributed by atoms with van der Waals surface area (Å²) < 4.78 is 0. The van der Waals surface area contributed by atoms with E-state index in [-0.39, 0.29) is 25.8 Å². The molecule has 1 aromatic carbocycles. The molecule has 0 saturated heterocycles. The first-order valence-electron chi connectivity index (χ1n) is 7.46. The Hall–Kier alpha value is 0.654. The van der Waals surface area contributed by atoms with Crippen molar-refractivity contribution in [1.82, 2.24) is 0 Å². The summed E-state index contributed by atoms with van der Waals surface area (Å²) in [7, 11) is -1.72. The zero-order valence-corrected chi connectivity index (χ0v) is 20.3. The first-order chi connectivity index (χ1) is 8.55. The van der Waals surface area contributed by atoms with Crippen LogP contribution in [-0.4, -0.2) is 16.1 Å². The summed E-state index contributed by atoms with van der Waals surface area (Å²) in [5.41, 5.74) is 7.34. The van der Waals surface area contributed by atoms with E-state index in [9.17, 15) is 0 Å². The van der Waals surface area contributed by atoms with Gasteiger partial charge in [-0.15, -0.1) is 16.1 Å². The predicted octanol–water partition coefficient (Wildman–Crippen LogP) is 6.34. The van der Waals surface area contributed by atoms with E-state index < -0.39 is 16.1 Å². The van der Waals surface area contributed by atoms with Gasteiger partial charge >= 0.3 is 25.8 Å². The fourth-order valence-electron chi connectivity index (χ4n) is 1.41. The van der Waals surface area contributed by atoms with Gasteiger partial charge in [0.2, 0.25) is 0 Å². The quantitative estimate of drug-likeness (QED) is 0.376. The third-order valence-corrected chi connectivity index (χ3v) is 2.81. The van der Waals surface area contributed by atoms with Crippen molar-refractivity contribution in [3.63, 3.8) is 0 Å². The van der Waals surface area contributed by atoms with E-state index in [1.807, 2.05) is 0 Å². The second-order valence-electron chi connectivity index (χ2n) is 8.25. The van der Waals surface area contributed by atoms with Crippen molar-refractivity contribution in [3.8, 4) is 0 Å². The third-order valence-electron chi connectivity index (χ3n) is 2.81. The van der Waals surface area contributed by atoms with Crippen LogP contribution in [-0.2, 0) is 25.8 Å². The summed E-state index contributed by atoms with van der Waals surface area (Å²) in [6, 6.07) is 0. The van der Waals surface area contributed by atoms with Crippen LogP contribution in [0.15, 0.2) is 0 Å². The molecule has 0 amide bonds. The van der Waals surface area contributed by atoms with Crippen molar-refractivity contribution in [2.45, 2.75) is 73.9 Å². The van der Waals surface area contributed by atoms with Gasteiger partial charge in [-0.2, -0.15) is 27.8 Å². The molecule has 0 spiro atoms. The Balaban J connectivity index is -0.000000254. The van der Waals surface area contributed by atoms with Crippen LogP contribution in [0.1, 0.15) is 27.8 Å². The fourth-order valence-corrected chi connectivity index (χ4v) is 1.41. The molecule has 0 unspecified atom stereocenters. The van der Waals surface area contributed by atoms with Crippen molar-refractivity contribution in [2.24, 2.45) is 0 Å². The van der Waals surface area contributed by atoms with Gasteiger partial charge in [0.05, 0.1) is 0 Å². The van der Waals surface area contributed by atoms with Gasteiger partial charge in [-0.25, -0.2) is 0 Å². The van der Waals surface area contributed by atoms with Crippen LogP contribution < -0.4 is 0 Å². The van der Waals surface area contributed by atoms with E-state index >= 15 is 0 Å². The Labute approximate surface area is 156 Å². The molecule has 3 heteroatoms. The Morgan fingerprint density at radius 3 is 0.857 bits per heavy atom. The summed E-state index contributed by atoms with van der Waals surface area (Å²) >= 11 is 0. The molecule has 0 radical (unpaired) electrons. The van der Waals surface area contributed by atoms with E-state index in [1.54, 1.807) is 0 Å². The maximum Gasteiger partial charge on any atom is 3.00 e. The van der Waals surface area contributed by atoms with Crippen LogP contribution in [0.2, 0.25) is 39.3 Å². The van der Waals surface area contributed by atoms with Gasteiger partial charge in [0.1, 0.15) is 0 Å². The first-order valence-corrected chi connectivity index (χ1v) is 14.9. The van der Waals surface area contributed by atoms with Gasteiger partial charge in [0.15, 0.2) is 0 Å². The van der Waals surface area contributed by atoms with Crippen LogP contribution >= 0.6 is 0 Å². The molecule has 0 aliphatic carbocycles. The van der Waals surface area contributed by atoms with Crippen LogP contribution in [0.3, 0.4) is 0 Å². The van der Waals surface area contributed by atoms with E-state index in [0.717, 1.165) is 0 Å². The molecule has 0 heterocycles. The van der Waals surface area contributed by atoms with Crippen LogP contribution in [0.25, 0.3) is 0 Å². The molecule has 120 valence electrons. The Morgan fingerprint density at radius 2 is 0.810 bits per heavy atom. The summed E-state index contributed by atoms with van der Waals surface area (Å²) in [6.45, 7) is 32.1. The maximum atomic E-state index is 3.91. The largest absolute Gasteiger partial charge is 3.00 e. The number of hydrogen-bond donors (Lipinski definition) is 0. The van der Waals surface area contributed by atoms with Crippen molar-refractivity contribution in [1.29, 1.82) is 0 Å². The topological polar surface area (TPSA) is 0 Å². The smallest absolute Gasteiger partial charge is 0.342 e. The number of rotatable bonds is 0. The molecule has 0 aliphatic rings. The zero-order chi connectivity index (χ0) is 16.9. The van der Waals surface area contributed by atoms with E-state index in [0.29, 0.717) is 0 Å². The van der Waals surface area contributed by atoms with Gasteiger partial charge in [0, 0.05) is 0 Å². The monoisotopic (exact) mass is 354 g/mol. The summed E-state index contributed by atoms with van der Waals surface area (Å²) in [4.78, 5) is 0. The average molecular weight is 355 g/mol. The van der Waals surface area contributed by atoms with Crippen molar-refractivity contribution < 1.29 is 25.8 Å². The minimum atomic E-state index is -0.861. The molecule has 0 N–H and O–H groups in total. The van der Waals surface area contributed by atoms with Crippen molar-refractivity contribution in [2.75, 3.05) is 0 Å². The molecule has 1 rings (SSSR count). The second kappa shape index (κ2) is 10.4.